The van der Waals surface area contributed by atoms with E-state index in [2.05, 4.69) is 19.1 Å². The normalized spacial score (nSPS) is 19.1. The predicted molar refractivity (Wildman–Crippen MR) is 82.5 cm³/mol. The number of piperidine rings is 1. The maximum absolute atomic E-state index is 12.3. The molecule has 0 spiro atoms. The Bertz CT molecular complexity index is 442. The molecular weight excluding hydrogens is 248 g/mol. The Morgan fingerprint density at radius 3 is 2.95 bits per heavy atom. The van der Waals surface area contributed by atoms with Gasteiger partial charge in [-0.25, -0.2) is 0 Å². The van der Waals surface area contributed by atoms with Crippen molar-refractivity contribution in [2.45, 2.75) is 39.0 Å². The zero-order chi connectivity index (χ0) is 14.4. The fourth-order valence-corrected chi connectivity index (χ4v) is 3.05. The first-order valence-corrected chi connectivity index (χ1v) is 7.73. The first-order valence-electron chi connectivity index (χ1n) is 7.73. The maximum Gasteiger partial charge on any atom is 0.222 e. The molecule has 1 unspecified atom stereocenters. The Kier molecular flexibility index (Phi) is 5.60. The lowest BCUT2D eigenvalue weighted by Gasteiger charge is -2.32. The summed E-state index contributed by atoms with van der Waals surface area (Å²) in [7, 11) is 0. The van der Waals surface area contributed by atoms with Gasteiger partial charge in [0.1, 0.15) is 0 Å². The molecule has 1 amide bonds. The number of nitrogens with zero attached hydrogens (tertiary/aromatic N) is 1. The quantitative estimate of drug-likeness (QED) is 0.897. The topological polar surface area (TPSA) is 46.3 Å². The van der Waals surface area contributed by atoms with E-state index in [0.717, 1.165) is 38.9 Å². The third kappa shape index (κ3) is 4.07. The molecule has 0 saturated carbocycles. The number of amides is 1. The van der Waals surface area contributed by atoms with Crippen LogP contribution in [0.1, 0.15) is 36.8 Å². The molecule has 1 aromatic rings. The third-order valence-electron chi connectivity index (χ3n) is 4.32. The van der Waals surface area contributed by atoms with Gasteiger partial charge in [0.15, 0.2) is 0 Å². The van der Waals surface area contributed by atoms with E-state index in [9.17, 15) is 4.79 Å². The molecule has 1 aromatic carbocycles. The van der Waals surface area contributed by atoms with E-state index in [-0.39, 0.29) is 0 Å². The van der Waals surface area contributed by atoms with Crippen LogP contribution in [0.15, 0.2) is 24.3 Å². The van der Waals surface area contributed by atoms with Gasteiger partial charge < -0.3 is 10.6 Å². The van der Waals surface area contributed by atoms with Crippen LogP contribution in [0.5, 0.6) is 0 Å². The summed E-state index contributed by atoms with van der Waals surface area (Å²) in [6.45, 7) is 4.67. The van der Waals surface area contributed by atoms with Gasteiger partial charge in [0.25, 0.3) is 0 Å². The van der Waals surface area contributed by atoms with E-state index < -0.39 is 0 Å². The monoisotopic (exact) mass is 274 g/mol. The molecule has 3 nitrogen and oxygen atoms in total. The number of nitrogens with two attached hydrogens (primary N) is 1. The molecule has 1 saturated heterocycles. The molecule has 20 heavy (non-hydrogen) atoms. The van der Waals surface area contributed by atoms with Crippen molar-refractivity contribution in [1.82, 2.24) is 4.90 Å². The number of carbonyl (C=O) groups is 1. The molecule has 1 heterocycles. The van der Waals surface area contributed by atoms with Crippen molar-refractivity contribution in [3.8, 4) is 0 Å². The molecule has 0 aromatic heterocycles. The van der Waals surface area contributed by atoms with Gasteiger partial charge in [0, 0.05) is 19.5 Å². The Hall–Kier alpha value is -1.35. The van der Waals surface area contributed by atoms with Crippen molar-refractivity contribution < 1.29 is 4.79 Å². The van der Waals surface area contributed by atoms with Crippen LogP contribution < -0.4 is 5.73 Å². The summed E-state index contributed by atoms with van der Waals surface area (Å²) in [5.41, 5.74) is 8.19. The highest BCUT2D eigenvalue weighted by molar-refractivity contribution is 5.76. The lowest BCUT2D eigenvalue weighted by molar-refractivity contribution is -0.133. The largest absolute Gasteiger partial charge is 0.342 e. The summed E-state index contributed by atoms with van der Waals surface area (Å²) in [5.74, 6) is 0.908. The fourth-order valence-electron chi connectivity index (χ4n) is 3.05. The summed E-state index contributed by atoms with van der Waals surface area (Å²) < 4.78 is 0. The Balaban J connectivity index is 1.84. The molecular formula is C17H26N2O. The number of hydrogen-bond donors (Lipinski definition) is 1. The zero-order valence-corrected chi connectivity index (χ0v) is 12.5. The number of likely N-dealkylation sites (tertiary alicyclic amines) is 1. The molecule has 1 aliphatic rings. The van der Waals surface area contributed by atoms with Gasteiger partial charge in [0.05, 0.1) is 0 Å². The van der Waals surface area contributed by atoms with Gasteiger partial charge in [-0.05, 0) is 56.2 Å². The summed E-state index contributed by atoms with van der Waals surface area (Å²) in [6.07, 6.45) is 4.87. The summed E-state index contributed by atoms with van der Waals surface area (Å²) >= 11 is 0. The van der Waals surface area contributed by atoms with Crippen LogP contribution >= 0.6 is 0 Å². The first-order chi connectivity index (χ1) is 9.70. The van der Waals surface area contributed by atoms with Crippen molar-refractivity contribution >= 4 is 5.91 Å². The number of rotatable bonds is 5. The van der Waals surface area contributed by atoms with Crippen LogP contribution in [0.2, 0.25) is 0 Å². The lowest BCUT2D eigenvalue weighted by Crippen LogP contribution is -2.40. The Morgan fingerprint density at radius 2 is 2.20 bits per heavy atom. The highest BCUT2D eigenvalue weighted by atomic mass is 16.2. The van der Waals surface area contributed by atoms with Crippen LogP contribution in [0.3, 0.4) is 0 Å². The van der Waals surface area contributed by atoms with Crippen LogP contribution in [-0.4, -0.2) is 30.4 Å². The zero-order valence-electron chi connectivity index (χ0n) is 12.5. The van der Waals surface area contributed by atoms with Crippen molar-refractivity contribution in [3.05, 3.63) is 35.4 Å². The minimum atomic E-state index is 0.301. The second-order valence-corrected chi connectivity index (χ2v) is 5.85. The molecule has 0 radical (unpaired) electrons. The van der Waals surface area contributed by atoms with Gasteiger partial charge >= 0.3 is 0 Å². The molecule has 2 rings (SSSR count). The van der Waals surface area contributed by atoms with Crippen LogP contribution in [0.4, 0.5) is 0 Å². The first kappa shape index (κ1) is 15.0. The molecule has 110 valence electrons. The van der Waals surface area contributed by atoms with E-state index in [1.165, 1.54) is 17.5 Å². The standard InChI is InChI=1S/C17H26N2O/c1-14-5-2-3-7-16(14)8-9-17(20)19-12-4-6-15(13-19)10-11-18/h2-3,5,7,15H,4,6,8-13,18H2,1H3. The van der Waals surface area contributed by atoms with Gasteiger partial charge in [0.2, 0.25) is 5.91 Å². The van der Waals surface area contributed by atoms with Gasteiger partial charge in [-0.2, -0.15) is 0 Å². The van der Waals surface area contributed by atoms with Crippen LogP contribution in [0, 0.1) is 12.8 Å². The summed E-state index contributed by atoms with van der Waals surface area (Å²) in [4.78, 5) is 14.4. The van der Waals surface area contributed by atoms with Gasteiger partial charge in [-0.15, -0.1) is 0 Å². The summed E-state index contributed by atoms with van der Waals surface area (Å²) in [5, 5.41) is 0. The number of hydrogen-bond acceptors (Lipinski definition) is 2. The Labute approximate surface area is 122 Å². The fraction of sp³-hybridized carbons (Fsp3) is 0.588. The van der Waals surface area contributed by atoms with Crippen LogP contribution in [0.25, 0.3) is 0 Å². The SMILES string of the molecule is Cc1ccccc1CCC(=O)N1CCCC(CCN)C1. The molecule has 1 aliphatic heterocycles. The van der Waals surface area contributed by atoms with E-state index in [1.807, 2.05) is 17.0 Å². The molecule has 1 fully saturated rings. The smallest absolute Gasteiger partial charge is 0.222 e. The number of benzene rings is 1. The minimum Gasteiger partial charge on any atom is -0.342 e. The average Bonchev–Trinajstić information content (AvgIpc) is 2.47. The van der Waals surface area contributed by atoms with Crippen molar-refractivity contribution in [3.63, 3.8) is 0 Å². The van der Waals surface area contributed by atoms with Crippen molar-refractivity contribution in [2.75, 3.05) is 19.6 Å². The third-order valence-corrected chi connectivity index (χ3v) is 4.32. The van der Waals surface area contributed by atoms with E-state index in [1.54, 1.807) is 0 Å². The van der Waals surface area contributed by atoms with Crippen LogP contribution in [-0.2, 0) is 11.2 Å². The number of aryl methyl sites for hydroxylation is 2. The second kappa shape index (κ2) is 7.44. The van der Waals surface area contributed by atoms with Crippen molar-refractivity contribution in [2.24, 2.45) is 11.7 Å². The second-order valence-electron chi connectivity index (χ2n) is 5.85. The van der Waals surface area contributed by atoms with E-state index in [4.69, 9.17) is 5.73 Å². The van der Waals surface area contributed by atoms with E-state index in [0.29, 0.717) is 18.2 Å². The van der Waals surface area contributed by atoms with Crippen molar-refractivity contribution in [1.29, 1.82) is 0 Å². The highest BCUT2D eigenvalue weighted by Crippen LogP contribution is 2.20. The predicted octanol–water partition coefficient (Wildman–Crippen LogP) is 2.52. The lowest BCUT2D eigenvalue weighted by atomic mass is 9.94. The van der Waals surface area contributed by atoms with Gasteiger partial charge in [-0.1, -0.05) is 24.3 Å². The molecule has 0 bridgehead atoms. The van der Waals surface area contributed by atoms with Gasteiger partial charge in [-0.3, -0.25) is 4.79 Å². The summed E-state index contributed by atoms with van der Waals surface area (Å²) in [6, 6.07) is 8.32. The Morgan fingerprint density at radius 1 is 1.40 bits per heavy atom. The average molecular weight is 274 g/mol. The molecule has 0 aliphatic carbocycles. The number of carbonyl (C=O) groups excluding carboxylic acids is 1. The molecule has 3 heteroatoms. The highest BCUT2D eigenvalue weighted by Gasteiger charge is 2.22. The van der Waals surface area contributed by atoms with E-state index >= 15 is 0 Å². The maximum atomic E-state index is 12.3. The molecule has 2 N–H and O–H groups in total. The minimum absolute atomic E-state index is 0.301. The molecule has 1 atom stereocenters.